The molecule has 1 aromatic heterocycles. The fraction of sp³-hybridized carbons (Fsp3) is 0.412. The summed E-state index contributed by atoms with van der Waals surface area (Å²) in [6.45, 7) is 4.14. The van der Waals surface area contributed by atoms with Crippen LogP contribution in [-0.2, 0) is 10.5 Å². The standard InChI is InChI=1S/C17H21ClN2O2S/c1-3-4-12(2)19-16(21)11-23-10-15-9-22-17(20-15)13-5-7-14(18)8-6-13/h5-9,12H,3-4,10-11H2,1-2H3,(H,19,21). The minimum absolute atomic E-state index is 0.0670. The molecule has 1 aromatic carbocycles. The van der Waals surface area contributed by atoms with E-state index in [4.69, 9.17) is 16.0 Å². The maximum Gasteiger partial charge on any atom is 0.230 e. The fourth-order valence-electron chi connectivity index (χ4n) is 2.17. The quantitative estimate of drug-likeness (QED) is 0.758. The van der Waals surface area contributed by atoms with Gasteiger partial charge in [0.25, 0.3) is 0 Å². The first-order valence-electron chi connectivity index (χ1n) is 7.66. The summed E-state index contributed by atoms with van der Waals surface area (Å²) in [6, 6.07) is 7.58. The predicted molar refractivity (Wildman–Crippen MR) is 95.6 cm³/mol. The van der Waals surface area contributed by atoms with Gasteiger partial charge in [-0.05, 0) is 37.6 Å². The Morgan fingerprint density at radius 1 is 1.39 bits per heavy atom. The molecule has 0 aliphatic carbocycles. The topological polar surface area (TPSA) is 55.1 Å². The maximum absolute atomic E-state index is 11.8. The molecule has 0 fully saturated rings. The molecule has 1 N–H and O–H groups in total. The van der Waals surface area contributed by atoms with Gasteiger partial charge in [0, 0.05) is 22.4 Å². The molecule has 1 unspecified atom stereocenters. The monoisotopic (exact) mass is 352 g/mol. The highest BCUT2D eigenvalue weighted by Gasteiger charge is 2.09. The second kappa shape index (κ2) is 8.99. The average Bonchev–Trinajstić information content (AvgIpc) is 2.97. The molecule has 0 aliphatic rings. The van der Waals surface area contributed by atoms with E-state index >= 15 is 0 Å². The Morgan fingerprint density at radius 2 is 2.13 bits per heavy atom. The number of aromatic nitrogens is 1. The summed E-state index contributed by atoms with van der Waals surface area (Å²) in [5, 5.41) is 3.67. The number of halogens is 1. The van der Waals surface area contributed by atoms with Crippen LogP contribution in [0.25, 0.3) is 11.5 Å². The number of carbonyl (C=O) groups is 1. The van der Waals surface area contributed by atoms with Crippen LogP contribution in [0, 0.1) is 0 Å². The van der Waals surface area contributed by atoms with Gasteiger partial charge in [-0.3, -0.25) is 4.79 Å². The highest BCUT2D eigenvalue weighted by Crippen LogP contribution is 2.22. The Morgan fingerprint density at radius 3 is 2.83 bits per heavy atom. The van der Waals surface area contributed by atoms with Gasteiger partial charge in [-0.25, -0.2) is 4.98 Å². The van der Waals surface area contributed by atoms with Crippen LogP contribution in [0.4, 0.5) is 0 Å². The maximum atomic E-state index is 11.8. The van der Waals surface area contributed by atoms with Gasteiger partial charge in [0.1, 0.15) is 6.26 Å². The molecule has 0 aliphatic heterocycles. The summed E-state index contributed by atoms with van der Waals surface area (Å²) in [7, 11) is 0. The molecule has 124 valence electrons. The summed E-state index contributed by atoms with van der Waals surface area (Å²) in [4.78, 5) is 16.2. The molecule has 0 saturated heterocycles. The molecule has 6 heteroatoms. The van der Waals surface area contributed by atoms with Gasteiger partial charge < -0.3 is 9.73 Å². The largest absolute Gasteiger partial charge is 0.444 e. The number of amides is 1. The Labute approximate surface area is 146 Å². The Bertz CT molecular complexity index is 628. The molecule has 1 atom stereocenters. The van der Waals surface area contributed by atoms with Crippen LogP contribution in [0.15, 0.2) is 34.9 Å². The first-order chi connectivity index (χ1) is 11.1. The van der Waals surface area contributed by atoms with Gasteiger partial charge in [0.15, 0.2) is 0 Å². The number of rotatable bonds is 8. The molecule has 23 heavy (non-hydrogen) atoms. The van der Waals surface area contributed by atoms with Crippen molar-refractivity contribution in [3.63, 3.8) is 0 Å². The average molecular weight is 353 g/mol. The summed E-state index contributed by atoms with van der Waals surface area (Å²) >= 11 is 7.40. The third-order valence-electron chi connectivity index (χ3n) is 3.26. The van der Waals surface area contributed by atoms with Crippen molar-refractivity contribution in [2.45, 2.75) is 38.5 Å². The van der Waals surface area contributed by atoms with Crippen molar-refractivity contribution in [3.8, 4) is 11.5 Å². The number of carbonyl (C=O) groups excluding carboxylic acids is 1. The summed E-state index contributed by atoms with van der Waals surface area (Å²) < 4.78 is 5.48. The van der Waals surface area contributed by atoms with E-state index in [1.807, 2.05) is 19.1 Å². The summed E-state index contributed by atoms with van der Waals surface area (Å²) in [6.07, 6.45) is 3.71. The summed E-state index contributed by atoms with van der Waals surface area (Å²) in [5.41, 5.74) is 1.71. The Balaban J connectivity index is 1.79. The van der Waals surface area contributed by atoms with Crippen molar-refractivity contribution < 1.29 is 9.21 Å². The van der Waals surface area contributed by atoms with Crippen molar-refractivity contribution in [3.05, 3.63) is 41.2 Å². The molecule has 1 heterocycles. The van der Waals surface area contributed by atoms with Crippen LogP contribution in [0.2, 0.25) is 5.02 Å². The zero-order valence-corrected chi connectivity index (χ0v) is 14.9. The van der Waals surface area contributed by atoms with Gasteiger partial charge in [-0.15, -0.1) is 11.8 Å². The van der Waals surface area contributed by atoms with Gasteiger partial charge in [-0.2, -0.15) is 0 Å². The second-order valence-electron chi connectivity index (χ2n) is 5.40. The number of benzene rings is 1. The minimum atomic E-state index is 0.0670. The molecule has 0 saturated carbocycles. The van der Waals surface area contributed by atoms with Crippen LogP contribution in [0.3, 0.4) is 0 Å². The molecule has 4 nitrogen and oxygen atoms in total. The number of hydrogen-bond donors (Lipinski definition) is 1. The highest BCUT2D eigenvalue weighted by molar-refractivity contribution is 7.99. The molecule has 2 rings (SSSR count). The second-order valence-corrected chi connectivity index (χ2v) is 6.82. The van der Waals surface area contributed by atoms with Crippen LogP contribution in [-0.4, -0.2) is 22.7 Å². The molecule has 0 radical (unpaired) electrons. The van der Waals surface area contributed by atoms with Crippen molar-refractivity contribution in [2.75, 3.05) is 5.75 Å². The molecule has 0 bridgehead atoms. The van der Waals surface area contributed by atoms with E-state index in [9.17, 15) is 4.79 Å². The molecule has 1 amide bonds. The van der Waals surface area contributed by atoms with Crippen LogP contribution in [0.1, 0.15) is 32.4 Å². The van der Waals surface area contributed by atoms with Gasteiger partial charge in [0.05, 0.1) is 11.4 Å². The number of thioether (sulfide) groups is 1. The normalized spacial score (nSPS) is 12.1. The van der Waals surface area contributed by atoms with E-state index in [-0.39, 0.29) is 11.9 Å². The van der Waals surface area contributed by atoms with Crippen LogP contribution >= 0.6 is 23.4 Å². The van der Waals surface area contributed by atoms with E-state index in [1.54, 1.807) is 18.4 Å². The van der Waals surface area contributed by atoms with Crippen LogP contribution in [0.5, 0.6) is 0 Å². The lowest BCUT2D eigenvalue weighted by Crippen LogP contribution is -2.33. The Hall–Kier alpha value is -1.46. The van der Waals surface area contributed by atoms with Gasteiger partial charge in [0.2, 0.25) is 11.8 Å². The lowest BCUT2D eigenvalue weighted by atomic mass is 10.2. The number of nitrogens with zero attached hydrogens (tertiary/aromatic N) is 1. The van der Waals surface area contributed by atoms with Crippen molar-refractivity contribution in [1.82, 2.24) is 10.3 Å². The summed E-state index contributed by atoms with van der Waals surface area (Å²) in [5.74, 6) is 1.71. The third-order valence-corrected chi connectivity index (χ3v) is 4.47. The first-order valence-corrected chi connectivity index (χ1v) is 9.19. The molecule has 2 aromatic rings. The molecule has 0 spiro atoms. The Kier molecular flexibility index (Phi) is 6.99. The molecular formula is C17H21ClN2O2S. The van der Waals surface area contributed by atoms with Crippen molar-refractivity contribution in [1.29, 1.82) is 0 Å². The predicted octanol–water partition coefficient (Wildman–Crippen LogP) is 4.53. The van der Waals surface area contributed by atoms with Crippen molar-refractivity contribution >= 4 is 29.3 Å². The molecular weight excluding hydrogens is 332 g/mol. The minimum Gasteiger partial charge on any atom is -0.444 e. The lowest BCUT2D eigenvalue weighted by molar-refractivity contribution is -0.119. The van der Waals surface area contributed by atoms with Crippen LogP contribution < -0.4 is 5.32 Å². The first kappa shape index (κ1) is 17.9. The zero-order chi connectivity index (χ0) is 16.7. The van der Waals surface area contributed by atoms with E-state index < -0.39 is 0 Å². The van der Waals surface area contributed by atoms with E-state index in [0.717, 1.165) is 24.1 Å². The number of oxazole rings is 1. The van der Waals surface area contributed by atoms with E-state index in [1.165, 1.54) is 11.8 Å². The SMILES string of the molecule is CCCC(C)NC(=O)CSCc1coc(-c2ccc(Cl)cc2)n1. The van der Waals surface area contributed by atoms with E-state index in [2.05, 4.69) is 17.2 Å². The fourth-order valence-corrected chi connectivity index (χ4v) is 3.01. The third kappa shape index (κ3) is 5.92. The number of nitrogens with one attached hydrogen (secondary N) is 1. The smallest absolute Gasteiger partial charge is 0.230 e. The lowest BCUT2D eigenvalue weighted by Gasteiger charge is -2.12. The van der Waals surface area contributed by atoms with Gasteiger partial charge >= 0.3 is 0 Å². The van der Waals surface area contributed by atoms with Crippen molar-refractivity contribution in [2.24, 2.45) is 0 Å². The number of hydrogen-bond acceptors (Lipinski definition) is 4. The van der Waals surface area contributed by atoms with Gasteiger partial charge in [-0.1, -0.05) is 24.9 Å². The van der Waals surface area contributed by atoms with E-state index in [0.29, 0.717) is 22.4 Å². The zero-order valence-electron chi connectivity index (χ0n) is 13.3. The highest BCUT2D eigenvalue weighted by atomic mass is 35.5.